The number of anilines is 1. The number of carbonyl (C=O) groups excluding carboxylic acids is 1. The third-order valence-electron chi connectivity index (χ3n) is 4.51. The number of likely N-dealkylation sites (tertiary alicyclic amines) is 1. The molecule has 1 unspecified atom stereocenters. The van der Waals surface area contributed by atoms with E-state index in [2.05, 4.69) is 15.2 Å². The Labute approximate surface area is 135 Å². The van der Waals surface area contributed by atoms with Gasteiger partial charge in [-0.2, -0.15) is 0 Å². The molecule has 1 aromatic heterocycles. The summed E-state index contributed by atoms with van der Waals surface area (Å²) in [6, 6.07) is 3.76. The zero-order valence-electron chi connectivity index (χ0n) is 13.1. The summed E-state index contributed by atoms with van der Waals surface area (Å²) >= 11 is 0. The molecule has 1 aromatic rings. The summed E-state index contributed by atoms with van der Waals surface area (Å²) in [7, 11) is 0. The first-order chi connectivity index (χ1) is 11.1. The average Bonchev–Trinajstić information content (AvgIpc) is 3.24. The van der Waals surface area contributed by atoms with E-state index in [0.29, 0.717) is 19.5 Å². The second-order valence-electron chi connectivity index (χ2n) is 6.15. The Morgan fingerprint density at radius 1 is 1.26 bits per heavy atom. The maximum absolute atomic E-state index is 12.1. The third kappa shape index (κ3) is 3.72. The van der Waals surface area contributed by atoms with Gasteiger partial charge in [-0.25, -0.2) is 9.78 Å². The SMILES string of the molecule is O=C(O)C1CCN(C(=O)NCc2ccc(N3CCCC3)nc2)C1. The molecule has 2 aliphatic rings. The largest absolute Gasteiger partial charge is 0.481 e. The number of carboxylic acid groups (broad SMARTS) is 1. The second-order valence-corrected chi connectivity index (χ2v) is 6.15. The molecule has 2 amide bonds. The number of carbonyl (C=O) groups is 2. The predicted octanol–water partition coefficient (Wildman–Crippen LogP) is 1.30. The molecule has 0 bridgehead atoms. The maximum atomic E-state index is 12.1. The van der Waals surface area contributed by atoms with Crippen molar-refractivity contribution in [3.05, 3.63) is 23.9 Å². The van der Waals surface area contributed by atoms with Crippen LogP contribution in [0.2, 0.25) is 0 Å². The van der Waals surface area contributed by atoms with Crippen molar-refractivity contribution in [1.29, 1.82) is 0 Å². The molecule has 3 rings (SSSR count). The molecular weight excluding hydrogens is 296 g/mol. The van der Waals surface area contributed by atoms with Crippen LogP contribution in [0.3, 0.4) is 0 Å². The highest BCUT2D eigenvalue weighted by Gasteiger charge is 2.30. The number of rotatable bonds is 4. The molecule has 2 aliphatic heterocycles. The maximum Gasteiger partial charge on any atom is 0.317 e. The summed E-state index contributed by atoms with van der Waals surface area (Å²) in [5, 5.41) is 11.8. The van der Waals surface area contributed by atoms with Crippen LogP contribution in [0.1, 0.15) is 24.8 Å². The van der Waals surface area contributed by atoms with E-state index >= 15 is 0 Å². The fourth-order valence-corrected chi connectivity index (χ4v) is 3.09. The molecule has 7 nitrogen and oxygen atoms in total. The van der Waals surface area contributed by atoms with Crippen molar-refractivity contribution in [3.63, 3.8) is 0 Å². The molecule has 0 aliphatic carbocycles. The lowest BCUT2D eigenvalue weighted by Gasteiger charge is -2.18. The van der Waals surface area contributed by atoms with E-state index in [0.717, 1.165) is 24.5 Å². The molecule has 0 aromatic carbocycles. The van der Waals surface area contributed by atoms with Crippen molar-refractivity contribution < 1.29 is 14.7 Å². The molecule has 2 N–H and O–H groups in total. The van der Waals surface area contributed by atoms with Gasteiger partial charge in [0.15, 0.2) is 0 Å². The van der Waals surface area contributed by atoms with E-state index in [-0.39, 0.29) is 12.6 Å². The lowest BCUT2D eigenvalue weighted by Crippen LogP contribution is -2.38. The summed E-state index contributed by atoms with van der Waals surface area (Å²) in [4.78, 5) is 31.3. The highest BCUT2D eigenvalue weighted by Crippen LogP contribution is 2.18. The molecule has 0 radical (unpaired) electrons. The van der Waals surface area contributed by atoms with Crippen molar-refractivity contribution in [2.45, 2.75) is 25.8 Å². The number of nitrogens with one attached hydrogen (secondary N) is 1. The molecule has 0 spiro atoms. The Balaban J connectivity index is 1.48. The van der Waals surface area contributed by atoms with Gasteiger partial charge in [-0.1, -0.05) is 6.07 Å². The van der Waals surface area contributed by atoms with Crippen LogP contribution in [-0.4, -0.2) is 53.2 Å². The van der Waals surface area contributed by atoms with Gasteiger partial charge >= 0.3 is 12.0 Å². The highest BCUT2D eigenvalue weighted by molar-refractivity contribution is 5.77. The van der Waals surface area contributed by atoms with Crippen molar-refractivity contribution in [1.82, 2.24) is 15.2 Å². The second kappa shape index (κ2) is 6.85. The van der Waals surface area contributed by atoms with Crippen molar-refractivity contribution in [2.24, 2.45) is 5.92 Å². The van der Waals surface area contributed by atoms with E-state index in [4.69, 9.17) is 5.11 Å². The summed E-state index contributed by atoms with van der Waals surface area (Å²) in [6.45, 7) is 3.30. The Morgan fingerprint density at radius 2 is 2.04 bits per heavy atom. The zero-order valence-corrected chi connectivity index (χ0v) is 13.1. The molecule has 7 heteroatoms. The van der Waals surface area contributed by atoms with Crippen LogP contribution in [0, 0.1) is 5.92 Å². The molecule has 1 atom stereocenters. The fourth-order valence-electron chi connectivity index (χ4n) is 3.09. The van der Waals surface area contributed by atoms with Crippen molar-refractivity contribution in [2.75, 3.05) is 31.1 Å². The van der Waals surface area contributed by atoms with Crippen molar-refractivity contribution >= 4 is 17.8 Å². The molecular formula is C16H22N4O3. The molecule has 0 saturated carbocycles. The fraction of sp³-hybridized carbons (Fsp3) is 0.562. The van der Waals surface area contributed by atoms with Gasteiger partial charge in [-0.05, 0) is 30.9 Å². The summed E-state index contributed by atoms with van der Waals surface area (Å²) in [5.74, 6) is -0.286. The number of aromatic nitrogens is 1. The van der Waals surface area contributed by atoms with Gasteiger partial charge in [-0.15, -0.1) is 0 Å². The lowest BCUT2D eigenvalue weighted by atomic mass is 10.1. The highest BCUT2D eigenvalue weighted by atomic mass is 16.4. The van der Waals surface area contributed by atoms with Crippen LogP contribution in [0.25, 0.3) is 0 Å². The van der Waals surface area contributed by atoms with Gasteiger partial charge in [0, 0.05) is 38.9 Å². The number of hydrogen-bond acceptors (Lipinski definition) is 4. The Bertz CT molecular complexity index is 569. The molecule has 2 saturated heterocycles. The summed E-state index contributed by atoms with van der Waals surface area (Å²) in [5.41, 5.74) is 0.940. The summed E-state index contributed by atoms with van der Waals surface area (Å²) < 4.78 is 0. The molecule has 23 heavy (non-hydrogen) atoms. The van der Waals surface area contributed by atoms with Crippen molar-refractivity contribution in [3.8, 4) is 0 Å². The van der Waals surface area contributed by atoms with Gasteiger partial charge in [0.25, 0.3) is 0 Å². The van der Waals surface area contributed by atoms with Gasteiger partial charge < -0.3 is 20.2 Å². The van der Waals surface area contributed by atoms with Crippen LogP contribution in [0.15, 0.2) is 18.3 Å². The average molecular weight is 318 g/mol. The van der Waals surface area contributed by atoms with E-state index in [1.165, 1.54) is 12.8 Å². The monoisotopic (exact) mass is 318 g/mol. The number of amides is 2. The number of carboxylic acids is 1. The van der Waals surface area contributed by atoms with E-state index in [1.807, 2.05) is 12.1 Å². The zero-order chi connectivity index (χ0) is 16.2. The molecule has 124 valence electrons. The first-order valence-electron chi connectivity index (χ1n) is 8.09. The lowest BCUT2D eigenvalue weighted by molar-refractivity contribution is -0.141. The number of aliphatic carboxylic acids is 1. The van der Waals surface area contributed by atoms with Gasteiger partial charge in [0.05, 0.1) is 5.92 Å². The quantitative estimate of drug-likeness (QED) is 0.874. The Morgan fingerprint density at radius 3 is 2.65 bits per heavy atom. The minimum absolute atomic E-state index is 0.211. The van der Waals surface area contributed by atoms with Gasteiger partial charge in [-0.3, -0.25) is 4.79 Å². The van der Waals surface area contributed by atoms with E-state index < -0.39 is 11.9 Å². The first kappa shape index (κ1) is 15.6. The van der Waals surface area contributed by atoms with E-state index in [1.54, 1.807) is 11.1 Å². The number of nitrogens with zero attached hydrogens (tertiary/aromatic N) is 3. The minimum Gasteiger partial charge on any atom is -0.481 e. The van der Waals surface area contributed by atoms with Crippen LogP contribution < -0.4 is 10.2 Å². The topological polar surface area (TPSA) is 85.8 Å². The van der Waals surface area contributed by atoms with Crippen LogP contribution in [0.5, 0.6) is 0 Å². The van der Waals surface area contributed by atoms with Crippen LogP contribution in [0.4, 0.5) is 10.6 Å². The van der Waals surface area contributed by atoms with Crippen LogP contribution >= 0.6 is 0 Å². The molecule has 2 fully saturated rings. The third-order valence-corrected chi connectivity index (χ3v) is 4.51. The Kier molecular flexibility index (Phi) is 4.64. The van der Waals surface area contributed by atoms with E-state index in [9.17, 15) is 9.59 Å². The van der Waals surface area contributed by atoms with Gasteiger partial charge in [0.1, 0.15) is 5.82 Å². The first-order valence-corrected chi connectivity index (χ1v) is 8.09. The van der Waals surface area contributed by atoms with Crippen LogP contribution in [-0.2, 0) is 11.3 Å². The normalized spacial score (nSPS) is 20.8. The predicted molar refractivity (Wildman–Crippen MR) is 85.2 cm³/mol. The Hall–Kier alpha value is -2.31. The molecule has 3 heterocycles. The number of pyridine rings is 1. The number of hydrogen-bond donors (Lipinski definition) is 2. The number of urea groups is 1. The smallest absolute Gasteiger partial charge is 0.317 e. The summed E-state index contributed by atoms with van der Waals surface area (Å²) in [6.07, 6.45) is 4.74. The standard InChI is InChI=1S/C16H22N4O3/c21-15(22)13-5-8-20(11-13)16(23)18-10-12-3-4-14(17-9-12)19-6-1-2-7-19/h3-4,9,13H,1-2,5-8,10-11H2,(H,18,23)(H,21,22). The van der Waals surface area contributed by atoms with Gasteiger partial charge in [0.2, 0.25) is 0 Å². The minimum atomic E-state index is -0.831.